The van der Waals surface area contributed by atoms with Gasteiger partial charge in [0.05, 0.1) is 5.69 Å². The predicted octanol–water partition coefficient (Wildman–Crippen LogP) is 3.32. The number of fused-ring (bicyclic) bond motifs is 1. The third-order valence-electron chi connectivity index (χ3n) is 4.15. The molecule has 134 valence electrons. The van der Waals surface area contributed by atoms with Gasteiger partial charge in [-0.3, -0.25) is 14.4 Å². The van der Waals surface area contributed by atoms with Gasteiger partial charge in [0.2, 0.25) is 5.91 Å². The minimum absolute atomic E-state index is 0.0692. The molecule has 0 radical (unpaired) electrons. The van der Waals surface area contributed by atoms with Crippen LogP contribution in [-0.4, -0.2) is 23.7 Å². The molecule has 26 heavy (non-hydrogen) atoms. The van der Waals surface area contributed by atoms with Gasteiger partial charge in [-0.05, 0) is 32.0 Å². The Morgan fingerprint density at radius 3 is 2.58 bits per heavy atom. The molecular weight excluding hydrogens is 332 g/mol. The average molecular weight is 352 g/mol. The third-order valence-corrected chi connectivity index (χ3v) is 4.15. The van der Waals surface area contributed by atoms with Gasteiger partial charge in [0, 0.05) is 24.1 Å². The standard InChI is InChI=1S/C20H20N2O4/c1-12-3-5-14(6-4-12)17(23)8-10-19(24)21-15-7-9-18-16(11-15)22-20(25)13(2)26-18/h3-7,9,11,13H,8,10H2,1-2H3,(H,21,24)(H,22,25). The summed E-state index contributed by atoms with van der Waals surface area (Å²) in [5, 5.41) is 5.47. The molecule has 1 aliphatic rings. The van der Waals surface area contributed by atoms with E-state index in [1.54, 1.807) is 37.3 Å². The maximum atomic E-state index is 12.1. The Labute approximate surface area is 151 Å². The highest BCUT2D eigenvalue weighted by Gasteiger charge is 2.23. The fraction of sp³-hybridized carbons (Fsp3) is 0.250. The molecule has 2 amide bonds. The molecule has 6 nitrogen and oxygen atoms in total. The minimum Gasteiger partial charge on any atom is -0.479 e. The van der Waals surface area contributed by atoms with E-state index >= 15 is 0 Å². The van der Waals surface area contributed by atoms with E-state index in [2.05, 4.69) is 10.6 Å². The van der Waals surface area contributed by atoms with Gasteiger partial charge in [0.1, 0.15) is 5.75 Å². The molecule has 0 saturated heterocycles. The molecule has 0 spiro atoms. The van der Waals surface area contributed by atoms with Crippen molar-refractivity contribution in [1.82, 2.24) is 0 Å². The lowest BCUT2D eigenvalue weighted by atomic mass is 10.0. The lowest BCUT2D eigenvalue weighted by molar-refractivity contribution is -0.122. The molecule has 1 aliphatic heterocycles. The first-order valence-corrected chi connectivity index (χ1v) is 8.43. The highest BCUT2D eigenvalue weighted by atomic mass is 16.5. The summed E-state index contributed by atoms with van der Waals surface area (Å²) in [7, 11) is 0. The summed E-state index contributed by atoms with van der Waals surface area (Å²) < 4.78 is 5.47. The summed E-state index contributed by atoms with van der Waals surface area (Å²) in [5.41, 5.74) is 2.74. The van der Waals surface area contributed by atoms with Crippen LogP contribution in [0.4, 0.5) is 11.4 Å². The molecule has 2 aromatic carbocycles. The van der Waals surface area contributed by atoms with Crippen molar-refractivity contribution in [2.45, 2.75) is 32.8 Å². The molecule has 0 fully saturated rings. The van der Waals surface area contributed by atoms with Gasteiger partial charge in [-0.2, -0.15) is 0 Å². The summed E-state index contributed by atoms with van der Waals surface area (Å²) in [6.07, 6.45) is -0.323. The Bertz CT molecular complexity index is 859. The number of nitrogens with one attached hydrogen (secondary N) is 2. The quantitative estimate of drug-likeness (QED) is 0.809. The highest BCUT2D eigenvalue weighted by molar-refractivity contribution is 6.01. The van der Waals surface area contributed by atoms with Gasteiger partial charge < -0.3 is 15.4 Å². The number of Topliss-reactive ketones (excluding diaryl/α,β-unsaturated/α-hetero) is 1. The number of aryl methyl sites for hydroxylation is 1. The number of hydrogen-bond donors (Lipinski definition) is 2. The number of ketones is 1. The zero-order chi connectivity index (χ0) is 18.7. The van der Waals surface area contributed by atoms with Gasteiger partial charge >= 0.3 is 0 Å². The maximum Gasteiger partial charge on any atom is 0.265 e. The lowest BCUT2D eigenvalue weighted by Gasteiger charge is -2.23. The topological polar surface area (TPSA) is 84.5 Å². The largest absolute Gasteiger partial charge is 0.479 e. The van der Waals surface area contributed by atoms with Crippen molar-refractivity contribution in [1.29, 1.82) is 0 Å². The Morgan fingerprint density at radius 2 is 1.85 bits per heavy atom. The zero-order valence-electron chi connectivity index (χ0n) is 14.7. The van der Waals surface area contributed by atoms with E-state index in [0.29, 0.717) is 22.7 Å². The number of hydrogen-bond acceptors (Lipinski definition) is 4. The van der Waals surface area contributed by atoms with Crippen LogP contribution in [0.1, 0.15) is 35.7 Å². The Hall–Kier alpha value is -3.15. The summed E-state index contributed by atoms with van der Waals surface area (Å²) in [6.45, 7) is 3.62. The van der Waals surface area contributed by atoms with E-state index < -0.39 is 6.10 Å². The van der Waals surface area contributed by atoms with Crippen LogP contribution in [0.25, 0.3) is 0 Å². The van der Waals surface area contributed by atoms with Crippen LogP contribution in [-0.2, 0) is 9.59 Å². The number of carbonyl (C=O) groups excluding carboxylic acids is 3. The van der Waals surface area contributed by atoms with Crippen molar-refractivity contribution in [3.63, 3.8) is 0 Å². The van der Waals surface area contributed by atoms with Gasteiger partial charge in [0.25, 0.3) is 5.91 Å². The fourth-order valence-corrected chi connectivity index (χ4v) is 2.62. The second-order valence-electron chi connectivity index (χ2n) is 6.30. The number of rotatable bonds is 5. The summed E-state index contributed by atoms with van der Waals surface area (Å²) in [6, 6.07) is 12.3. The molecule has 0 aromatic heterocycles. The molecule has 0 bridgehead atoms. The van der Waals surface area contributed by atoms with Crippen LogP contribution >= 0.6 is 0 Å². The highest BCUT2D eigenvalue weighted by Crippen LogP contribution is 2.32. The molecule has 0 aliphatic carbocycles. The second kappa shape index (κ2) is 7.39. The molecule has 3 rings (SSSR count). The average Bonchev–Trinajstić information content (AvgIpc) is 2.61. The van der Waals surface area contributed by atoms with E-state index in [4.69, 9.17) is 4.74 Å². The monoisotopic (exact) mass is 352 g/mol. The van der Waals surface area contributed by atoms with Gasteiger partial charge in [-0.1, -0.05) is 29.8 Å². The molecule has 6 heteroatoms. The first-order chi connectivity index (χ1) is 12.4. The van der Waals surface area contributed by atoms with Gasteiger partial charge in [-0.25, -0.2) is 0 Å². The van der Waals surface area contributed by atoms with E-state index in [1.165, 1.54) is 0 Å². The lowest BCUT2D eigenvalue weighted by Crippen LogP contribution is -2.34. The smallest absolute Gasteiger partial charge is 0.265 e. The second-order valence-corrected chi connectivity index (χ2v) is 6.30. The van der Waals surface area contributed by atoms with Crippen LogP contribution < -0.4 is 15.4 Å². The number of ether oxygens (including phenoxy) is 1. The number of anilines is 2. The first-order valence-electron chi connectivity index (χ1n) is 8.43. The van der Waals surface area contributed by atoms with E-state index in [-0.39, 0.29) is 30.4 Å². The molecule has 1 heterocycles. The Kier molecular flexibility index (Phi) is 5.02. The minimum atomic E-state index is -0.546. The SMILES string of the molecule is Cc1ccc(C(=O)CCC(=O)Nc2ccc3c(c2)NC(=O)C(C)O3)cc1. The van der Waals surface area contributed by atoms with Crippen molar-refractivity contribution >= 4 is 29.0 Å². The fourth-order valence-electron chi connectivity index (χ4n) is 2.62. The Morgan fingerprint density at radius 1 is 1.12 bits per heavy atom. The first kappa shape index (κ1) is 17.7. The third kappa shape index (κ3) is 4.08. The van der Waals surface area contributed by atoms with Crippen molar-refractivity contribution in [2.24, 2.45) is 0 Å². The van der Waals surface area contributed by atoms with Crippen molar-refractivity contribution in [3.05, 3.63) is 53.6 Å². The van der Waals surface area contributed by atoms with Crippen LogP contribution in [0.15, 0.2) is 42.5 Å². The van der Waals surface area contributed by atoms with Gasteiger partial charge in [-0.15, -0.1) is 0 Å². The van der Waals surface area contributed by atoms with Crippen molar-refractivity contribution in [3.8, 4) is 5.75 Å². The molecule has 1 unspecified atom stereocenters. The van der Waals surface area contributed by atoms with Crippen LogP contribution in [0.3, 0.4) is 0 Å². The van der Waals surface area contributed by atoms with Crippen LogP contribution in [0, 0.1) is 6.92 Å². The molecular formula is C20H20N2O4. The summed E-state index contributed by atoms with van der Waals surface area (Å²) in [5.74, 6) is -0.00334. The number of amides is 2. The number of benzene rings is 2. The van der Waals surface area contributed by atoms with Crippen molar-refractivity contribution < 1.29 is 19.1 Å². The normalized spacial score (nSPS) is 15.5. The molecule has 1 atom stereocenters. The maximum absolute atomic E-state index is 12.1. The predicted molar refractivity (Wildman–Crippen MR) is 98.5 cm³/mol. The van der Waals surface area contributed by atoms with Gasteiger partial charge in [0.15, 0.2) is 11.9 Å². The van der Waals surface area contributed by atoms with Crippen LogP contribution in [0.2, 0.25) is 0 Å². The zero-order valence-corrected chi connectivity index (χ0v) is 14.7. The van der Waals surface area contributed by atoms with E-state index in [1.807, 2.05) is 19.1 Å². The van der Waals surface area contributed by atoms with E-state index in [9.17, 15) is 14.4 Å². The number of carbonyl (C=O) groups is 3. The summed E-state index contributed by atoms with van der Waals surface area (Å²) in [4.78, 5) is 35.9. The molecule has 2 aromatic rings. The molecule has 2 N–H and O–H groups in total. The summed E-state index contributed by atoms with van der Waals surface area (Å²) >= 11 is 0. The Balaban J connectivity index is 1.57. The van der Waals surface area contributed by atoms with E-state index in [0.717, 1.165) is 5.56 Å². The van der Waals surface area contributed by atoms with Crippen molar-refractivity contribution in [2.75, 3.05) is 10.6 Å². The molecule has 0 saturated carbocycles. The van der Waals surface area contributed by atoms with Crippen LogP contribution in [0.5, 0.6) is 5.75 Å².